The van der Waals surface area contributed by atoms with Crippen molar-refractivity contribution in [1.82, 2.24) is 5.32 Å². The predicted octanol–water partition coefficient (Wildman–Crippen LogP) is 4.25. The largest absolute Gasteiger partial charge is 0.508 e. The van der Waals surface area contributed by atoms with Crippen LogP contribution in [0.4, 0.5) is 0 Å². The number of allylic oxidation sites excluding steroid dienone is 1. The van der Waals surface area contributed by atoms with Crippen LogP contribution in [-0.2, 0) is 12.7 Å². The van der Waals surface area contributed by atoms with Crippen LogP contribution in [-0.4, -0.2) is 17.8 Å². The summed E-state index contributed by atoms with van der Waals surface area (Å²) in [5.41, 5.74) is 5.09. The molecule has 0 amide bonds. The van der Waals surface area contributed by atoms with E-state index in [1.54, 1.807) is 0 Å². The van der Waals surface area contributed by atoms with E-state index in [-0.39, 0.29) is 5.76 Å². The lowest BCUT2D eigenvalue weighted by Gasteiger charge is -2.28. The van der Waals surface area contributed by atoms with Gasteiger partial charge in [-0.25, -0.2) is 0 Å². The molecule has 1 fully saturated rings. The summed E-state index contributed by atoms with van der Waals surface area (Å²) in [6.07, 6.45) is 10.4. The lowest BCUT2D eigenvalue weighted by Crippen LogP contribution is -2.42. The summed E-state index contributed by atoms with van der Waals surface area (Å²) in [6.45, 7) is 4.31. The van der Waals surface area contributed by atoms with Crippen molar-refractivity contribution in [3.63, 3.8) is 0 Å². The summed E-state index contributed by atoms with van der Waals surface area (Å²) in [5, 5.41) is 13.7. The summed E-state index contributed by atoms with van der Waals surface area (Å²) < 4.78 is 0. The fraction of sp³-hybridized carbons (Fsp3) is 0.500. The van der Waals surface area contributed by atoms with Gasteiger partial charge in [0.1, 0.15) is 5.76 Å². The average Bonchev–Trinajstić information content (AvgIpc) is 2.93. The van der Waals surface area contributed by atoms with Gasteiger partial charge in [0.25, 0.3) is 0 Å². The van der Waals surface area contributed by atoms with Crippen LogP contribution in [0.25, 0.3) is 5.76 Å². The minimum absolute atomic E-state index is 0.206. The van der Waals surface area contributed by atoms with Crippen molar-refractivity contribution < 1.29 is 5.11 Å². The monoisotopic (exact) mass is 307 g/mol. The van der Waals surface area contributed by atoms with Gasteiger partial charge in [-0.1, -0.05) is 62.9 Å². The quantitative estimate of drug-likeness (QED) is 0.646. The molecule has 2 heterocycles. The molecular weight excluding hydrogens is 281 g/mol. The van der Waals surface area contributed by atoms with Crippen molar-refractivity contribution >= 4 is 12.5 Å². The first-order chi connectivity index (χ1) is 11.2. The molecule has 2 aliphatic heterocycles. The molecule has 23 heavy (non-hydrogen) atoms. The van der Waals surface area contributed by atoms with Gasteiger partial charge in [-0.15, -0.1) is 0 Å². The van der Waals surface area contributed by atoms with Crippen LogP contribution >= 0.6 is 0 Å². The van der Waals surface area contributed by atoms with Gasteiger partial charge in [0.05, 0.1) is 0 Å². The molecule has 0 aromatic heterocycles. The van der Waals surface area contributed by atoms with Crippen molar-refractivity contribution in [2.45, 2.75) is 57.2 Å². The highest BCUT2D eigenvalue weighted by atomic mass is 16.3. The molecule has 0 radical (unpaired) electrons. The summed E-state index contributed by atoms with van der Waals surface area (Å²) >= 11 is 0. The van der Waals surface area contributed by atoms with Gasteiger partial charge in [0.15, 0.2) is 6.71 Å². The van der Waals surface area contributed by atoms with Gasteiger partial charge in [0, 0.05) is 11.5 Å². The molecule has 1 aliphatic carbocycles. The van der Waals surface area contributed by atoms with E-state index in [0.29, 0.717) is 12.7 Å². The second-order valence-electron chi connectivity index (χ2n) is 7.61. The molecule has 1 unspecified atom stereocenters. The Morgan fingerprint density at radius 3 is 2.87 bits per heavy atom. The van der Waals surface area contributed by atoms with E-state index in [9.17, 15) is 5.11 Å². The zero-order valence-electron chi connectivity index (χ0n) is 13.9. The minimum Gasteiger partial charge on any atom is -0.508 e. The molecule has 120 valence electrons. The number of hydrogen-bond acceptors (Lipinski definition) is 2. The minimum atomic E-state index is 0.206. The Balaban J connectivity index is 1.50. The first-order valence-corrected chi connectivity index (χ1v) is 9.17. The lowest BCUT2D eigenvalue weighted by molar-refractivity contribution is 0.351. The van der Waals surface area contributed by atoms with Crippen LogP contribution in [0.15, 0.2) is 36.5 Å². The van der Waals surface area contributed by atoms with E-state index in [2.05, 4.69) is 23.9 Å². The number of aliphatic hydroxyl groups is 1. The Labute approximate surface area is 139 Å². The number of nitrogens with one attached hydrogen (secondary N) is 1. The number of fused-ring (bicyclic) bond motifs is 2. The second kappa shape index (κ2) is 6.11. The molecule has 0 saturated heterocycles. The van der Waals surface area contributed by atoms with Crippen LogP contribution < -0.4 is 5.32 Å². The molecule has 3 heteroatoms. The summed E-state index contributed by atoms with van der Waals surface area (Å²) in [4.78, 5) is 0. The molecule has 3 aliphatic rings. The number of rotatable bonds is 3. The van der Waals surface area contributed by atoms with Crippen LogP contribution in [0, 0.1) is 5.92 Å². The Bertz CT molecular complexity index is 645. The highest BCUT2D eigenvalue weighted by Gasteiger charge is 2.36. The summed E-state index contributed by atoms with van der Waals surface area (Å²) in [6, 6.07) is 6.25. The number of hydrogen-bond donors (Lipinski definition) is 2. The topological polar surface area (TPSA) is 32.3 Å². The molecule has 1 saturated carbocycles. The van der Waals surface area contributed by atoms with Crippen molar-refractivity contribution in [2.75, 3.05) is 0 Å². The molecule has 2 N–H and O–H groups in total. The highest BCUT2D eigenvalue weighted by molar-refractivity contribution is 6.67. The Morgan fingerprint density at radius 2 is 2.09 bits per heavy atom. The van der Waals surface area contributed by atoms with Crippen LogP contribution in [0.5, 0.6) is 0 Å². The first kappa shape index (κ1) is 14.9. The number of benzene rings is 1. The van der Waals surface area contributed by atoms with Crippen LogP contribution in [0.3, 0.4) is 0 Å². The summed E-state index contributed by atoms with van der Waals surface area (Å²) in [5.74, 6) is 4.12. The average molecular weight is 307 g/mol. The molecule has 0 bridgehead atoms. The van der Waals surface area contributed by atoms with Gasteiger partial charge in [-0.3, -0.25) is 0 Å². The fourth-order valence-corrected chi connectivity index (χ4v) is 4.81. The second-order valence-corrected chi connectivity index (χ2v) is 7.61. The molecule has 2 nitrogen and oxygen atoms in total. The third-order valence-electron chi connectivity index (χ3n) is 6.00. The van der Waals surface area contributed by atoms with Crippen molar-refractivity contribution in [1.29, 1.82) is 0 Å². The van der Waals surface area contributed by atoms with Crippen molar-refractivity contribution in [2.24, 2.45) is 5.92 Å². The van der Waals surface area contributed by atoms with E-state index >= 15 is 0 Å². The van der Waals surface area contributed by atoms with Gasteiger partial charge >= 0.3 is 0 Å². The first-order valence-electron chi connectivity index (χ1n) is 9.17. The fourth-order valence-electron chi connectivity index (χ4n) is 4.81. The van der Waals surface area contributed by atoms with Gasteiger partial charge in [-0.2, -0.15) is 0 Å². The zero-order valence-corrected chi connectivity index (χ0v) is 13.9. The summed E-state index contributed by atoms with van der Waals surface area (Å²) in [7, 11) is 0. The van der Waals surface area contributed by atoms with Crippen molar-refractivity contribution in [3.8, 4) is 0 Å². The maximum Gasteiger partial charge on any atom is 0.199 e. The molecular formula is C20H26BNO. The molecule has 1 atom stereocenters. The Hall–Kier alpha value is -1.64. The Kier molecular flexibility index (Phi) is 3.96. The van der Waals surface area contributed by atoms with Crippen LogP contribution in [0.1, 0.15) is 55.2 Å². The number of aliphatic hydroxyl groups excluding tert-OH is 1. The van der Waals surface area contributed by atoms with Crippen molar-refractivity contribution in [3.05, 3.63) is 53.1 Å². The molecule has 4 rings (SSSR count). The zero-order chi connectivity index (χ0) is 15.8. The third kappa shape index (κ3) is 2.94. The molecule has 1 aromatic rings. The predicted molar refractivity (Wildman–Crippen MR) is 97.5 cm³/mol. The maximum atomic E-state index is 9.86. The van der Waals surface area contributed by atoms with Crippen LogP contribution in [0.2, 0.25) is 0 Å². The van der Waals surface area contributed by atoms with E-state index in [0.717, 1.165) is 24.2 Å². The van der Waals surface area contributed by atoms with E-state index in [4.69, 9.17) is 0 Å². The maximum absolute atomic E-state index is 9.86. The smallest absolute Gasteiger partial charge is 0.199 e. The highest BCUT2D eigenvalue weighted by Crippen LogP contribution is 2.33. The van der Waals surface area contributed by atoms with Gasteiger partial charge in [-0.05, 0) is 41.9 Å². The van der Waals surface area contributed by atoms with E-state index in [1.807, 2.05) is 12.1 Å². The lowest BCUT2D eigenvalue weighted by atomic mass is 9.39. The van der Waals surface area contributed by atoms with E-state index in [1.165, 1.54) is 55.3 Å². The molecule has 1 aromatic carbocycles. The normalized spacial score (nSPS) is 23.7. The van der Waals surface area contributed by atoms with E-state index < -0.39 is 0 Å². The standard InChI is InChI=1S/C20H26BNO/c1-14(23)18-9-5-8-16-11-20-21(13-19(16)18)12-17(22-20)10-15-6-3-2-4-7-15/h5,8-9,12,15,20,22-23H,1-4,6-7,10-11,13H2. The van der Waals surface area contributed by atoms with Gasteiger partial charge < -0.3 is 10.4 Å². The Morgan fingerprint density at radius 1 is 1.26 bits per heavy atom. The SMILES string of the molecule is C=C(O)c1cccc2c1CB1C=C(CC3CCCCC3)NC1C2. The third-order valence-corrected chi connectivity index (χ3v) is 6.00. The molecule has 0 spiro atoms. The van der Waals surface area contributed by atoms with Gasteiger partial charge in [0.2, 0.25) is 0 Å².